The Labute approximate surface area is 175 Å². The van der Waals surface area contributed by atoms with Gasteiger partial charge in [-0.1, -0.05) is 18.2 Å². The summed E-state index contributed by atoms with van der Waals surface area (Å²) in [5.41, 5.74) is 6.95. The highest BCUT2D eigenvalue weighted by Gasteiger charge is 2.20. The topological polar surface area (TPSA) is 70.2 Å². The predicted molar refractivity (Wildman–Crippen MR) is 118 cm³/mol. The van der Waals surface area contributed by atoms with Crippen molar-refractivity contribution in [2.24, 2.45) is 0 Å². The van der Waals surface area contributed by atoms with Gasteiger partial charge in [-0.15, -0.1) is 0 Å². The lowest BCUT2D eigenvalue weighted by molar-refractivity contribution is 0.0946. The zero-order chi connectivity index (χ0) is 20.3. The maximum absolute atomic E-state index is 12.0. The van der Waals surface area contributed by atoms with Crippen molar-refractivity contribution in [3.05, 3.63) is 71.2 Å². The molecule has 0 atom stereocenters. The highest BCUT2D eigenvalue weighted by molar-refractivity contribution is 5.97. The number of benzene rings is 1. The lowest BCUT2D eigenvalue weighted by Crippen LogP contribution is -2.36. The number of pyridine rings is 1. The van der Waals surface area contributed by atoms with Gasteiger partial charge < -0.3 is 19.9 Å². The lowest BCUT2D eigenvalue weighted by atomic mass is 10.1. The average Bonchev–Trinajstić information content (AvgIpc) is 3.25. The third-order valence-electron chi connectivity index (χ3n) is 5.59. The van der Waals surface area contributed by atoms with Crippen LogP contribution in [0.15, 0.2) is 48.7 Å². The average molecular weight is 400 g/mol. The molecule has 1 saturated heterocycles. The predicted octanol–water partition coefficient (Wildman–Crippen LogP) is 3.37. The Morgan fingerprint density at radius 2 is 1.97 bits per heavy atom. The van der Waals surface area contributed by atoms with Crippen molar-refractivity contribution >= 4 is 23.7 Å². The summed E-state index contributed by atoms with van der Waals surface area (Å²) in [5, 5.41) is 2.89. The van der Waals surface area contributed by atoms with Crippen LogP contribution in [-0.4, -0.2) is 48.7 Å². The Morgan fingerprint density at radius 3 is 2.83 bits per heavy atom. The van der Waals surface area contributed by atoms with Crippen LogP contribution < -0.4 is 10.2 Å². The third-order valence-corrected chi connectivity index (χ3v) is 5.59. The van der Waals surface area contributed by atoms with E-state index in [4.69, 9.17) is 4.74 Å². The molecule has 152 valence electrons. The van der Waals surface area contributed by atoms with Gasteiger partial charge in [0.15, 0.2) is 0 Å². The first-order valence-electron chi connectivity index (χ1n) is 10.3. The lowest BCUT2D eigenvalue weighted by Gasteiger charge is -2.29. The molecular formula is C24H24N4O2. The molecule has 3 aromatic rings. The van der Waals surface area contributed by atoms with Crippen LogP contribution in [0.3, 0.4) is 0 Å². The Hall–Kier alpha value is -3.38. The van der Waals surface area contributed by atoms with Crippen molar-refractivity contribution in [3.63, 3.8) is 0 Å². The standard InChI is InChI=1S/C24H24N4O2/c29-24-21-16-23(27-22(21)7-9-26-24)18-6-8-25-19(15-18)5-4-17-2-1-3-20(14-17)28-10-12-30-13-11-28/h1-6,8,14-16,27H,7,9-13H2,(H,26,29). The molecule has 5 rings (SSSR count). The smallest absolute Gasteiger partial charge is 0.253 e. The number of amides is 1. The van der Waals surface area contributed by atoms with Crippen molar-refractivity contribution in [2.75, 3.05) is 37.7 Å². The van der Waals surface area contributed by atoms with E-state index in [0.29, 0.717) is 6.54 Å². The molecule has 2 aliphatic heterocycles. The van der Waals surface area contributed by atoms with Crippen LogP contribution >= 0.6 is 0 Å². The van der Waals surface area contributed by atoms with Gasteiger partial charge in [-0.2, -0.15) is 0 Å². The molecule has 1 aromatic carbocycles. The number of nitrogens with one attached hydrogen (secondary N) is 2. The van der Waals surface area contributed by atoms with Crippen molar-refractivity contribution < 1.29 is 9.53 Å². The SMILES string of the molecule is O=C1NCCc2[nH]c(-c3ccnc(C=Cc4cccc(N5CCOCC5)c4)c3)cc21. The van der Waals surface area contributed by atoms with Crippen LogP contribution in [0.1, 0.15) is 27.3 Å². The van der Waals surface area contributed by atoms with Crippen molar-refractivity contribution in [1.82, 2.24) is 15.3 Å². The van der Waals surface area contributed by atoms with Crippen molar-refractivity contribution in [3.8, 4) is 11.3 Å². The van der Waals surface area contributed by atoms with Gasteiger partial charge in [-0.25, -0.2) is 0 Å². The molecular weight excluding hydrogens is 376 g/mol. The van der Waals surface area contributed by atoms with E-state index in [0.717, 1.165) is 66.5 Å². The number of aromatic nitrogens is 2. The number of aromatic amines is 1. The van der Waals surface area contributed by atoms with E-state index in [1.165, 1.54) is 5.69 Å². The van der Waals surface area contributed by atoms with E-state index in [-0.39, 0.29) is 5.91 Å². The zero-order valence-corrected chi connectivity index (χ0v) is 16.7. The number of fused-ring (bicyclic) bond motifs is 1. The molecule has 0 spiro atoms. The van der Waals surface area contributed by atoms with Gasteiger partial charge in [0, 0.05) is 54.9 Å². The summed E-state index contributed by atoms with van der Waals surface area (Å²) in [6.45, 7) is 4.09. The first-order valence-corrected chi connectivity index (χ1v) is 10.3. The van der Waals surface area contributed by atoms with Crippen LogP contribution in [0.5, 0.6) is 0 Å². The van der Waals surface area contributed by atoms with Crippen LogP contribution in [-0.2, 0) is 11.2 Å². The third kappa shape index (κ3) is 3.86. The Morgan fingerprint density at radius 1 is 1.07 bits per heavy atom. The Kier molecular flexibility index (Phi) is 5.07. The van der Waals surface area contributed by atoms with Gasteiger partial charge in [0.2, 0.25) is 0 Å². The molecule has 1 amide bonds. The summed E-state index contributed by atoms with van der Waals surface area (Å²) >= 11 is 0. The molecule has 4 heterocycles. The number of carbonyl (C=O) groups excluding carboxylic acids is 1. The molecule has 30 heavy (non-hydrogen) atoms. The van der Waals surface area contributed by atoms with Gasteiger partial charge in [0.25, 0.3) is 5.91 Å². The first-order chi connectivity index (χ1) is 14.8. The summed E-state index contributed by atoms with van der Waals surface area (Å²) in [4.78, 5) is 22.3. The quantitative estimate of drug-likeness (QED) is 0.705. The highest BCUT2D eigenvalue weighted by atomic mass is 16.5. The van der Waals surface area contributed by atoms with E-state index in [9.17, 15) is 4.79 Å². The number of morpholine rings is 1. The van der Waals surface area contributed by atoms with Gasteiger partial charge in [0.05, 0.1) is 24.5 Å². The molecule has 0 radical (unpaired) electrons. The molecule has 6 nitrogen and oxygen atoms in total. The number of hydrogen-bond acceptors (Lipinski definition) is 4. The van der Waals surface area contributed by atoms with Crippen LogP contribution in [0.4, 0.5) is 5.69 Å². The number of ether oxygens (including phenoxy) is 1. The molecule has 2 aliphatic rings. The van der Waals surface area contributed by atoms with E-state index in [1.807, 2.05) is 24.3 Å². The second-order valence-electron chi connectivity index (χ2n) is 7.58. The minimum Gasteiger partial charge on any atom is -0.378 e. The van der Waals surface area contributed by atoms with E-state index >= 15 is 0 Å². The highest BCUT2D eigenvalue weighted by Crippen LogP contribution is 2.25. The normalized spacial score (nSPS) is 16.5. The molecule has 0 unspecified atom stereocenters. The van der Waals surface area contributed by atoms with Gasteiger partial charge in [-0.05, 0) is 42.0 Å². The molecule has 2 aromatic heterocycles. The van der Waals surface area contributed by atoms with Crippen LogP contribution in [0.2, 0.25) is 0 Å². The molecule has 0 saturated carbocycles. The van der Waals surface area contributed by atoms with Gasteiger partial charge in [-0.3, -0.25) is 9.78 Å². The van der Waals surface area contributed by atoms with Gasteiger partial charge in [0.1, 0.15) is 0 Å². The summed E-state index contributed by atoms with van der Waals surface area (Å²) < 4.78 is 5.45. The Bertz CT molecular complexity index is 1100. The fourth-order valence-corrected chi connectivity index (χ4v) is 3.98. The molecule has 2 N–H and O–H groups in total. The largest absolute Gasteiger partial charge is 0.378 e. The Balaban J connectivity index is 1.36. The number of hydrogen-bond donors (Lipinski definition) is 2. The molecule has 1 fully saturated rings. The minimum absolute atomic E-state index is 0.00641. The second kappa shape index (κ2) is 8.16. The summed E-state index contributed by atoms with van der Waals surface area (Å²) in [7, 11) is 0. The van der Waals surface area contributed by atoms with Crippen molar-refractivity contribution in [2.45, 2.75) is 6.42 Å². The fourth-order valence-electron chi connectivity index (χ4n) is 3.98. The second-order valence-corrected chi connectivity index (χ2v) is 7.58. The summed E-state index contributed by atoms with van der Waals surface area (Å²) in [6.07, 6.45) is 6.75. The number of nitrogens with zero attached hydrogens (tertiary/aromatic N) is 2. The summed E-state index contributed by atoms with van der Waals surface area (Å²) in [5.74, 6) is -0.00641. The fraction of sp³-hybridized carbons (Fsp3) is 0.250. The van der Waals surface area contributed by atoms with Crippen molar-refractivity contribution in [1.29, 1.82) is 0 Å². The number of rotatable bonds is 4. The van der Waals surface area contributed by atoms with Crippen LogP contribution in [0.25, 0.3) is 23.4 Å². The van der Waals surface area contributed by atoms with Crippen LogP contribution in [0, 0.1) is 0 Å². The van der Waals surface area contributed by atoms with E-state index in [2.05, 4.69) is 50.5 Å². The van der Waals surface area contributed by atoms with E-state index in [1.54, 1.807) is 6.20 Å². The summed E-state index contributed by atoms with van der Waals surface area (Å²) in [6, 6.07) is 14.5. The number of anilines is 1. The molecule has 0 bridgehead atoms. The minimum atomic E-state index is -0.00641. The maximum atomic E-state index is 12.0. The number of carbonyl (C=O) groups is 1. The molecule has 6 heteroatoms. The maximum Gasteiger partial charge on any atom is 0.253 e. The molecule has 0 aliphatic carbocycles. The monoisotopic (exact) mass is 400 g/mol. The van der Waals surface area contributed by atoms with E-state index < -0.39 is 0 Å². The zero-order valence-electron chi connectivity index (χ0n) is 16.7. The van der Waals surface area contributed by atoms with Gasteiger partial charge >= 0.3 is 0 Å². The number of H-pyrrole nitrogens is 1. The first kappa shape index (κ1) is 18.6.